The van der Waals surface area contributed by atoms with Gasteiger partial charge in [0.25, 0.3) is 0 Å². The Kier molecular flexibility index (Phi) is 5.91. The summed E-state index contributed by atoms with van der Waals surface area (Å²) in [6, 6.07) is 2.47. The van der Waals surface area contributed by atoms with Gasteiger partial charge in [-0.15, -0.1) is 0 Å². The number of hydrogen-bond acceptors (Lipinski definition) is 6. The lowest BCUT2D eigenvalue weighted by Crippen LogP contribution is -2.45. The van der Waals surface area contributed by atoms with Crippen LogP contribution in [0, 0.1) is 0 Å². The fraction of sp³-hybridized carbons (Fsp3) is 0.714. The van der Waals surface area contributed by atoms with Gasteiger partial charge in [0.05, 0.1) is 19.3 Å². The molecule has 2 heterocycles. The van der Waals surface area contributed by atoms with Gasteiger partial charge in [-0.25, -0.2) is 9.97 Å². The molecule has 6 heteroatoms. The van der Waals surface area contributed by atoms with E-state index in [-0.39, 0.29) is 0 Å². The van der Waals surface area contributed by atoms with E-state index in [4.69, 9.17) is 4.74 Å². The van der Waals surface area contributed by atoms with Gasteiger partial charge in [-0.1, -0.05) is 25.6 Å². The SMILES string of the molecule is CCCNc1cc(N2CCOCC2CC)nc(SC)n1. The third kappa shape index (κ3) is 3.76. The molecule has 1 aromatic rings. The van der Waals surface area contributed by atoms with Crippen molar-refractivity contribution in [3.8, 4) is 0 Å². The lowest BCUT2D eigenvalue weighted by molar-refractivity contribution is 0.0925. The normalized spacial score (nSPS) is 19.1. The molecule has 0 amide bonds. The number of morpholine rings is 1. The molecule has 1 aliphatic heterocycles. The van der Waals surface area contributed by atoms with E-state index in [9.17, 15) is 0 Å². The van der Waals surface area contributed by atoms with Crippen molar-refractivity contribution in [3.63, 3.8) is 0 Å². The summed E-state index contributed by atoms with van der Waals surface area (Å²) in [5.74, 6) is 1.93. The van der Waals surface area contributed by atoms with Gasteiger partial charge in [0.2, 0.25) is 0 Å². The first-order valence-corrected chi connectivity index (χ1v) is 8.52. The smallest absolute Gasteiger partial charge is 0.191 e. The van der Waals surface area contributed by atoms with Gasteiger partial charge >= 0.3 is 0 Å². The summed E-state index contributed by atoms with van der Waals surface area (Å²) in [7, 11) is 0. The number of hydrogen-bond donors (Lipinski definition) is 1. The van der Waals surface area contributed by atoms with Gasteiger partial charge in [0.1, 0.15) is 11.6 Å². The number of rotatable bonds is 6. The maximum Gasteiger partial charge on any atom is 0.191 e. The van der Waals surface area contributed by atoms with Crippen LogP contribution in [0.4, 0.5) is 11.6 Å². The second kappa shape index (κ2) is 7.69. The van der Waals surface area contributed by atoms with Crippen LogP contribution in [0.3, 0.4) is 0 Å². The molecule has 1 N–H and O–H groups in total. The molecular weight excluding hydrogens is 272 g/mol. The van der Waals surface area contributed by atoms with Gasteiger partial charge in [-0.05, 0) is 19.1 Å². The van der Waals surface area contributed by atoms with Gasteiger partial charge < -0.3 is 15.0 Å². The molecule has 1 atom stereocenters. The van der Waals surface area contributed by atoms with E-state index in [2.05, 4.69) is 40.1 Å². The number of ether oxygens (including phenoxy) is 1. The van der Waals surface area contributed by atoms with Gasteiger partial charge in [0, 0.05) is 19.2 Å². The lowest BCUT2D eigenvalue weighted by Gasteiger charge is -2.36. The molecule has 0 radical (unpaired) electrons. The van der Waals surface area contributed by atoms with Crippen molar-refractivity contribution in [3.05, 3.63) is 6.07 Å². The fourth-order valence-corrected chi connectivity index (χ4v) is 2.66. The zero-order valence-corrected chi connectivity index (χ0v) is 13.4. The van der Waals surface area contributed by atoms with Crippen LogP contribution in [0.5, 0.6) is 0 Å². The van der Waals surface area contributed by atoms with E-state index in [1.807, 2.05) is 6.26 Å². The maximum absolute atomic E-state index is 5.57. The van der Waals surface area contributed by atoms with Crippen LogP contribution < -0.4 is 10.2 Å². The van der Waals surface area contributed by atoms with Crippen molar-refractivity contribution < 1.29 is 4.74 Å². The molecule has 20 heavy (non-hydrogen) atoms. The average Bonchev–Trinajstić information content (AvgIpc) is 2.52. The van der Waals surface area contributed by atoms with Gasteiger partial charge in [-0.3, -0.25) is 0 Å². The van der Waals surface area contributed by atoms with Crippen molar-refractivity contribution in [2.24, 2.45) is 0 Å². The van der Waals surface area contributed by atoms with Crippen molar-refractivity contribution in [2.45, 2.75) is 37.9 Å². The monoisotopic (exact) mass is 296 g/mol. The van der Waals surface area contributed by atoms with E-state index in [0.717, 1.165) is 55.9 Å². The molecule has 0 aliphatic carbocycles. The maximum atomic E-state index is 5.57. The zero-order valence-electron chi connectivity index (χ0n) is 12.6. The highest BCUT2D eigenvalue weighted by molar-refractivity contribution is 7.98. The van der Waals surface area contributed by atoms with Crippen LogP contribution in [-0.4, -0.2) is 48.6 Å². The molecule has 1 saturated heterocycles. The molecule has 2 rings (SSSR count). The van der Waals surface area contributed by atoms with Crippen molar-refractivity contribution >= 4 is 23.4 Å². The highest BCUT2D eigenvalue weighted by atomic mass is 32.2. The Morgan fingerprint density at radius 3 is 3.00 bits per heavy atom. The van der Waals surface area contributed by atoms with Crippen molar-refractivity contribution in [1.29, 1.82) is 0 Å². The fourth-order valence-electron chi connectivity index (χ4n) is 2.29. The topological polar surface area (TPSA) is 50.3 Å². The Labute approximate surface area is 125 Å². The Balaban J connectivity index is 2.24. The van der Waals surface area contributed by atoms with E-state index in [1.54, 1.807) is 11.8 Å². The predicted octanol–water partition coefficient (Wildman–Crippen LogP) is 2.64. The van der Waals surface area contributed by atoms with Crippen LogP contribution in [0.2, 0.25) is 0 Å². The zero-order chi connectivity index (χ0) is 14.4. The summed E-state index contributed by atoms with van der Waals surface area (Å²) < 4.78 is 5.57. The summed E-state index contributed by atoms with van der Waals surface area (Å²) in [6.45, 7) is 7.74. The molecule has 0 saturated carbocycles. The van der Waals surface area contributed by atoms with E-state index in [0.29, 0.717) is 6.04 Å². The van der Waals surface area contributed by atoms with Crippen LogP contribution in [0.15, 0.2) is 11.2 Å². The first-order chi connectivity index (χ1) is 9.78. The minimum absolute atomic E-state index is 0.410. The lowest BCUT2D eigenvalue weighted by atomic mass is 10.2. The van der Waals surface area contributed by atoms with Crippen molar-refractivity contribution in [1.82, 2.24) is 9.97 Å². The number of nitrogens with one attached hydrogen (secondary N) is 1. The molecule has 5 nitrogen and oxygen atoms in total. The molecule has 0 spiro atoms. The number of aromatic nitrogens is 2. The Hall–Kier alpha value is -1.01. The number of anilines is 2. The largest absolute Gasteiger partial charge is 0.377 e. The number of thioether (sulfide) groups is 1. The third-order valence-corrected chi connectivity index (χ3v) is 3.97. The van der Waals surface area contributed by atoms with Crippen molar-refractivity contribution in [2.75, 3.05) is 42.8 Å². The summed E-state index contributed by atoms with van der Waals surface area (Å²) in [4.78, 5) is 11.5. The molecule has 1 aromatic heterocycles. The molecule has 1 fully saturated rings. The standard InChI is InChI=1S/C14H24N4OS/c1-4-6-15-12-9-13(17-14(16-12)20-3)18-7-8-19-10-11(18)5-2/h9,11H,4-8,10H2,1-3H3,(H,15,16,17). The summed E-state index contributed by atoms with van der Waals surface area (Å²) >= 11 is 1.58. The highest BCUT2D eigenvalue weighted by Gasteiger charge is 2.23. The Morgan fingerprint density at radius 2 is 2.30 bits per heavy atom. The van der Waals surface area contributed by atoms with Crippen LogP contribution in [0.25, 0.3) is 0 Å². The second-order valence-electron chi connectivity index (χ2n) is 4.86. The molecule has 1 unspecified atom stereocenters. The van der Waals surface area contributed by atoms with E-state index >= 15 is 0 Å². The molecule has 1 aliphatic rings. The summed E-state index contributed by atoms with van der Waals surface area (Å²) in [5, 5.41) is 4.18. The average molecular weight is 296 g/mol. The van der Waals surface area contributed by atoms with Crippen LogP contribution in [-0.2, 0) is 4.74 Å². The number of nitrogens with zero attached hydrogens (tertiary/aromatic N) is 3. The molecule has 0 aromatic carbocycles. The van der Waals surface area contributed by atoms with Gasteiger partial charge in [0.15, 0.2) is 5.16 Å². The first kappa shape index (κ1) is 15.4. The van der Waals surface area contributed by atoms with E-state index in [1.165, 1.54) is 0 Å². The third-order valence-electron chi connectivity index (χ3n) is 3.42. The van der Waals surface area contributed by atoms with Crippen LogP contribution >= 0.6 is 11.8 Å². The Morgan fingerprint density at radius 1 is 1.45 bits per heavy atom. The first-order valence-electron chi connectivity index (χ1n) is 7.29. The summed E-state index contributed by atoms with van der Waals surface area (Å²) in [6.07, 6.45) is 4.17. The predicted molar refractivity (Wildman–Crippen MR) is 84.8 cm³/mol. The molecular formula is C14H24N4OS. The second-order valence-corrected chi connectivity index (χ2v) is 5.63. The summed E-state index contributed by atoms with van der Waals surface area (Å²) in [5.41, 5.74) is 0. The quantitative estimate of drug-likeness (QED) is 0.643. The van der Waals surface area contributed by atoms with E-state index < -0.39 is 0 Å². The Bertz CT molecular complexity index is 430. The van der Waals surface area contributed by atoms with Gasteiger partial charge in [-0.2, -0.15) is 0 Å². The molecule has 112 valence electrons. The minimum atomic E-state index is 0.410. The minimum Gasteiger partial charge on any atom is -0.377 e. The highest BCUT2D eigenvalue weighted by Crippen LogP contribution is 2.24. The van der Waals surface area contributed by atoms with Crippen LogP contribution in [0.1, 0.15) is 26.7 Å². The molecule has 0 bridgehead atoms.